The van der Waals surface area contributed by atoms with Crippen molar-refractivity contribution in [2.45, 2.75) is 26.7 Å². The lowest BCUT2D eigenvalue weighted by Gasteiger charge is -2.31. The van der Waals surface area contributed by atoms with E-state index in [0.29, 0.717) is 17.2 Å². The molecule has 3 nitrogen and oxygen atoms in total. The van der Waals surface area contributed by atoms with Crippen LogP contribution in [0.4, 0.5) is 5.69 Å². The number of aryl methyl sites for hydroxylation is 1. The summed E-state index contributed by atoms with van der Waals surface area (Å²) in [6, 6.07) is 5.64. The fourth-order valence-corrected chi connectivity index (χ4v) is 2.40. The highest BCUT2D eigenvalue weighted by atomic mass is 16.2. The van der Waals surface area contributed by atoms with Gasteiger partial charge in [-0.05, 0) is 37.8 Å². The first-order chi connectivity index (χ1) is 8.08. The van der Waals surface area contributed by atoms with E-state index in [2.05, 4.69) is 6.92 Å². The number of rotatable bonds is 1. The average molecular weight is 232 g/mol. The lowest BCUT2D eigenvalue weighted by molar-refractivity contribution is 0.0684. The Bertz CT molecular complexity index is 428. The molecule has 2 rings (SSSR count). The predicted molar refractivity (Wildman–Crippen MR) is 69.9 cm³/mol. The molecule has 0 saturated carbocycles. The number of carbonyl (C=O) groups excluding carboxylic acids is 1. The van der Waals surface area contributed by atoms with Gasteiger partial charge in [-0.2, -0.15) is 0 Å². The van der Waals surface area contributed by atoms with E-state index < -0.39 is 0 Å². The molecule has 1 aliphatic heterocycles. The van der Waals surface area contributed by atoms with Crippen molar-refractivity contribution in [2.24, 2.45) is 5.92 Å². The first kappa shape index (κ1) is 12.0. The van der Waals surface area contributed by atoms with Gasteiger partial charge in [0.2, 0.25) is 0 Å². The van der Waals surface area contributed by atoms with Crippen molar-refractivity contribution >= 4 is 11.6 Å². The van der Waals surface area contributed by atoms with Crippen molar-refractivity contribution in [1.82, 2.24) is 4.90 Å². The van der Waals surface area contributed by atoms with Crippen LogP contribution < -0.4 is 5.73 Å². The van der Waals surface area contributed by atoms with Gasteiger partial charge in [-0.3, -0.25) is 4.79 Å². The van der Waals surface area contributed by atoms with Crippen LogP contribution >= 0.6 is 0 Å². The molecule has 2 N–H and O–H groups in total. The lowest BCUT2D eigenvalue weighted by Crippen LogP contribution is -2.39. The van der Waals surface area contributed by atoms with E-state index in [-0.39, 0.29) is 5.91 Å². The Labute approximate surface area is 103 Å². The van der Waals surface area contributed by atoms with E-state index >= 15 is 0 Å². The van der Waals surface area contributed by atoms with Crippen molar-refractivity contribution < 1.29 is 4.79 Å². The van der Waals surface area contributed by atoms with Gasteiger partial charge >= 0.3 is 0 Å². The van der Waals surface area contributed by atoms with Gasteiger partial charge in [0.25, 0.3) is 5.91 Å². The van der Waals surface area contributed by atoms with Crippen LogP contribution in [0.1, 0.15) is 35.7 Å². The number of carbonyl (C=O) groups is 1. The van der Waals surface area contributed by atoms with Crippen LogP contribution in [0.5, 0.6) is 0 Å². The molecule has 1 amide bonds. The SMILES string of the molecule is Cc1ccc(N)c(C(=O)N2CCCC(C)C2)c1. The monoisotopic (exact) mass is 232 g/mol. The molecule has 1 atom stereocenters. The van der Waals surface area contributed by atoms with Crippen molar-refractivity contribution in [3.63, 3.8) is 0 Å². The molecular formula is C14H20N2O. The first-order valence-electron chi connectivity index (χ1n) is 6.23. The van der Waals surface area contributed by atoms with Crippen LogP contribution in [0.2, 0.25) is 0 Å². The van der Waals surface area contributed by atoms with Gasteiger partial charge in [-0.15, -0.1) is 0 Å². The maximum Gasteiger partial charge on any atom is 0.255 e. The largest absolute Gasteiger partial charge is 0.398 e. The summed E-state index contributed by atoms with van der Waals surface area (Å²) in [6.07, 6.45) is 2.31. The summed E-state index contributed by atoms with van der Waals surface area (Å²) in [7, 11) is 0. The number of nitrogens with zero attached hydrogens (tertiary/aromatic N) is 1. The van der Waals surface area contributed by atoms with Gasteiger partial charge in [0.1, 0.15) is 0 Å². The average Bonchev–Trinajstić information content (AvgIpc) is 2.31. The molecule has 0 radical (unpaired) electrons. The summed E-state index contributed by atoms with van der Waals surface area (Å²) in [4.78, 5) is 14.3. The normalized spacial score (nSPS) is 20.4. The zero-order chi connectivity index (χ0) is 12.4. The molecule has 1 aromatic carbocycles. The maximum absolute atomic E-state index is 12.4. The fourth-order valence-electron chi connectivity index (χ4n) is 2.40. The minimum Gasteiger partial charge on any atom is -0.398 e. The molecule has 17 heavy (non-hydrogen) atoms. The molecule has 0 bridgehead atoms. The van der Waals surface area contributed by atoms with Gasteiger partial charge < -0.3 is 10.6 Å². The topological polar surface area (TPSA) is 46.3 Å². The summed E-state index contributed by atoms with van der Waals surface area (Å²) >= 11 is 0. The highest BCUT2D eigenvalue weighted by molar-refractivity contribution is 5.99. The van der Waals surface area contributed by atoms with Gasteiger partial charge in [0.15, 0.2) is 0 Å². The molecule has 0 aromatic heterocycles. The molecule has 0 spiro atoms. The van der Waals surface area contributed by atoms with Crippen molar-refractivity contribution in [1.29, 1.82) is 0 Å². The number of likely N-dealkylation sites (tertiary alicyclic amines) is 1. The van der Waals surface area contributed by atoms with Crippen LogP contribution in [0, 0.1) is 12.8 Å². The predicted octanol–water partition coefficient (Wildman–Crippen LogP) is 2.45. The summed E-state index contributed by atoms with van der Waals surface area (Å²) in [5, 5.41) is 0. The van der Waals surface area contributed by atoms with Crippen molar-refractivity contribution in [3.05, 3.63) is 29.3 Å². The Morgan fingerprint density at radius 1 is 1.47 bits per heavy atom. The number of anilines is 1. The molecule has 1 unspecified atom stereocenters. The second kappa shape index (κ2) is 4.78. The highest BCUT2D eigenvalue weighted by Crippen LogP contribution is 2.21. The second-order valence-corrected chi connectivity index (χ2v) is 5.09. The van der Waals surface area contributed by atoms with Crippen LogP contribution in [0.15, 0.2) is 18.2 Å². The summed E-state index contributed by atoms with van der Waals surface area (Å²) in [6.45, 7) is 5.89. The Kier molecular flexibility index (Phi) is 3.36. The standard InChI is InChI=1S/C14H20N2O/c1-10-5-6-13(15)12(8-10)14(17)16-7-3-4-11(2)9-16/h5-6,8,11H,3-4,7,9,15H2,1-2H3. The number of piperidine rings is 1. The molecule has 92 valence electrons. The number of benzene rings is 1. The minimum absolute atomic E-state index is 0.0813. The van der Waals surface area contributed by atoms with E-state index in [1.807, 2.05) is 30.0 Å². The van der Waals surface area contributed by atoms with Gasteiger partial charge in [0, 0.05) is 18.8 Å². The Hall–Kier alpha value is -1.51. The smallest absolute Gasteiger partial charge is 0.255 e. The van der Waals surface area contributed by atoms with E-state index in [0.717, 1.165) is 25.1 Å². The van der Waals surface area contributed by atoms with E-state index in [4.69, 9.17) is 5.73 Å². The van der Waals surface area contributed by atoms with E-state index in [1.165, 1.54) is 6.42 Å². The Balaban J connectivity index is 2.21. The van der Waals surface area contributed by atoms with Crippen molar-refractivity contribution in [3.8, 4) is 0 Å². The Morgan fingerprint density at radius 3 is 2.94 bits per heavy atom. The third-order valence-corrected chi connectivity index (χ3v) is 3.38. The van der Waals surface area contributed by atoms with Gasteiger partial charge in [-0.1, -0.05) is 18.6 Å². The number of hydrogen-bond acceptors (Lipinski definition) is 2. The number of hydrogen-bond donors (Lipinski definition) is 1. The molecular weight excluding hydrogens is 212 g/mol. The van der Waals surface area contributed by atoms with E-state index in [1.54, 1.807) is 0 Å². The van der Waals surface area contributed by atoms with Crippen molar-refractivity contribution in [2.75, 3.05) is 18.8 Å². The number of amides is 1. The number of nitrogens with two attached hydrogens (primary N) is 1. The molecule has 1 heterocycles. The first-order valence-corrected chi connectivity index (χ1v) is 6.23. The summed E-state index contributed by atoms with van der Waals surface area (Å²) in [5.41, 5.74) is 8.19. The lowest BCUT2D eigenvalue weighted by atomic mass is 9.99. The van der Waals surface area contributed by atoms with Gasteiger partial charge in [-0.25, -0.2) is 0 Å². The molecule has 1 fully saturated rings. The zero-order valence-electron chi connectivity index (χ0n) is 10.6. The van der Waals surface area contributed by atoms with Crippen LogP contribution in [-0.2, 0) is 0 Å². The summed E-state index contributed by atoms with van der Waals surface area (Å²) < 4.78 is 0. The third kappa shape index (κ3) is 2.60. The van der Waals surface area contributed by atoms with Crippen LogP contribution in [0.3, 0.4) is 0 Å². The maximum atomic E-state index is 12.4. The van der Waals surface area contributed by atoms with E-state index in [9.17, 15) is 4.79 Å². The Morgan fingerprint density at radius 2 is 2.24 bits per heavy atom. The highest BCUT2D eigenvalue weighted by Gasteiger charge is 2.23. The quantitative estimate of drug-likeness (QED) is 0.756. The second-order valence-electron chi connectivity index (χ2n) is 5.09. The molecule has 1 aromatic rings. The van der Waals surface area contributed by atoms with Crippen LogP contribution in [0.25, 0.3) is 0 Å². The summed E-state index contributed by atoms with van der Waals surface area (Å²) in [5.74, 6) is 0.677. The molecule has 1 saturated heterocycles. The molecule has 3 heteroatoms. The van der Waals surface area contributed by atoms with Crippen LogP contribution in [-0.4, -0.2) is 23.9 Å². The number of nitrogen functional groups attached to an aromatic ring is 1. The minimum atomic E-state index is 0.0813. The third-order valence-electron chi connectivity index (χ3n) is 3.38. The molecule has 1 aliphatic rings. The van der Waals surface area contributed by atoms with Gasteiger partial charge in [0.05, 0.1) is 5.56 Å². The fraction of sp³-hybridized carbons (Fsp3) is 0.500. The molecule has 0 aliphatic carbocycles. The zero-order valence-corrected chi connectivity index (χ0v) is 10.6.